The van der Waals surface area contributed by atoms with E-state index in [4.69, 9.17) is 61.6 Å². The molecule has 67 heavy (non-hydrogen) atoms. The molecule has 13 N–H and O–H groups in total. The molecule has 0 radical (unpaired) electrons. The summed E-state index contributed by atoms with van der Waals surface area (Å²) in [6.07, 6.45) is -7.83. The van der Waals surface area contributed by atoms with Crippen LogP contribution in [-0.2, 0) is 11.3 Å². The molecular formula is C50H69ClO16. The smallest absolute Gasteiger partial charge is 0.163 e. The molecule has 0 aliphatic carbocycles. The quantitative estimate of drug-likeness (QED) is 0.0631. The minimum atomic E-state index is -0.884. The second kappa shape index (κ2) is 30.4. The lowest BCUT2D eigenvalue weighted by Crippen LogP contribution is -2.16. The van der Waals surface area contributed by atoms with Crippen molar-refractivity contribution in [2.24, 2.45) is 0 Å². The zero-order valence-electron chi connectivity index (χ0n) is 39.2. The predicted octanol–water partition coefficient (Wildman–Crippen LogP) is 5.75. The molecule has 372 valence electrons. The van der Waals surface area contributed by atoms with Crippen LogP contribution in [0.25, 0.3) is 0 Å². The van der Waals surface area contributed by atoms with Crippen molar-refractivity contribution in [1.82, 2.24) is 0 Å². The average molecular weight is 962 g/mol. The van der Waals surface area contributed by atoms with Crippen LogP contribution in [0.4, 0.5) is 0 Å². The molecule has 0 aromatic heterocycles. The highest BCUT2D eigenvalue weighted by molar-refractivity contribution is 6.31. The van der Waals surface area contributed by atoms with E-state index in [0.29, 0.717) is 38.4 Å². The second-order valence-electron chi connectivity index (χ2n) is 15.5. The van der Waals surface area contributed by atoms with Gasteiger partial charge in [-0.3, -0.25) is 0 Å². The van der Waals surface area contributed by atoms with Crippen LogP contribution in [0.15, 0.2) is 103 Å². The second-order valence-corrected chi connectivity index (χ2v) is 15.9. The standard InChI is InChI=1S/C12H18O5.C10H13ClO2.C10H14O3.2C9H12O3/c1-7(14)12(17-3)8-4-9(6-13)11(15)10(5-8)16-2;1-6-3-4-8(5-9(6)11)10(13)7(2)12;1-7(11)10(12)8-3-5-9(13-2)6-4-8;2*1-6(10)9(12)7-2-4-8(11)5-3-7/h4-5,7,12-15H,6H2,1-3H3;3-5,7,10,12-13H,1-2H3;3-7,10-12H,1-2H3;2*2-6,9-12H,1H3/t;7-,10-;;;/m.0.../s1. The Morgan fingerprint density at radius 3 is 1.15 bits per heavy atom. The normalized spacial score (nSPS) is 15.2. The fourth-order valence-corrected chi connectivity index (χ4v) is 5.98. The molecule has 0 saturated carbocycles. The van der Waals surface area contributed by atoms with Crippen molar-refractivity contribution in [2.45, 2.75) is 109 Å². The summed E-state index contributed by atoms with van der Waals surface area (Å²) < 4.78 is 15.1. The number of aromatic hydroxyl groups is 3. The number of aliphatic hydroxyl groups is 10. The van der Waals surface area contributed by atoms with Crippen LogP contribution < -0.4 is 9.47 Å². The highest BCUT2D eigenvalue weighted by Gasteiger charge is 2.21. The SMILES string of the molecule is CC(O)C(O)c1ccc(O)cc1.CC(O)C(O)c1ccc(O)cc1.COc1cc(C(OC)C(C)O)cc(CO)c1O.COc1ccc(C(O)C(C)O)cc1.Cc1ccc([C@@H](O)[C@H](C)O)cc1Cl. The first-order valence-electron chi connectivity index (χ1n) is 21.1. The number of hydrogen-bond acceptors (Lipinski definition) is 16. The first kappa shape index (κ1) is 60.0. The van der Waals surface area contributed by atoms with E-state index in [1.54, 1.807) is 101 Å². The third-order valence-electron chi connectivity index (χ3n) is 9.88. The van der Waals surface area contributed by atoms with Gasteiger partial charge in [-0.05, 0) is 130 Å². The fraction of sp³-hybridized carbons (Fsp3) is 0.400. The molecular weight excluding hydrogens is 892 g/mol. The minimum Gasteiger partial charge on any atom is -0.508 e. The summed E-state index contributed by atoms with van der Waals surface area (Å²) in [7, 11) is 4.49. The lowest BCUT2D eigenvalue weighted by molar-refractivity contribution is -0.00369. The molecule has 17 heteroatoms. The van der Waals surface area contributed by atoms with Crippen LogP contribution in [0.5, 0.6) is 28.7 Å². The van der Waals surface area contributed by atoms with E-state index in [0.717, 1.165) is 11.3 Å². The van der Waals surface area contributed by atoms with Gasteiger partial charge in [-0.2, -0.15) is 0 Å². The molecule has 0 aliphatic rings. The van der Waals surface area contributed by atoms with E-state index in [-0.39, 0.29) is 29.6 Å². The van der Waals surface area contributed by atoms with E-state index in [2.05, 4.69) is 0 Å². The number of phenolic OH excluding ortho intramolecular Hbond substituents is 2. The summed E-state index contributed by atoms with van der Waals surface area (Å²) >= 11 is 5.87. The van der Waals surface area contributed by atoms with Crippen molar-refractivity contribution < 1.29 is 80.6 Å². The third kappa shape index (κ3) is 20.4. The number of hydrogen-bond donors (Lipinski definition) is 13. The van der Waals surface area contributed by atoms with E-state index >= 15 is 0 Å². The minimum absolute atomic E-state index is 0.0980. The number of aliphatic hydroxyl groups excluding tert-OH is 10. The molecule has 0 spiro atoms. The van der Waals surface area contributed by atoms with Gasteiger partial charge in [0.15, 0.2) is 11.5 Å². The van der Waals surface area contributed by atoms with Crippen molar-refractivity contribution in [1.29, 1.82) is 0 Å². The Morgan fingerprint density at radius 2 is 0.836 bits per heavy atom. The molecule has 0 aliphatic heterocycles. The first-order chi connectivity index (χ1) is 31.4. The van der Waals surface area contributed by atoms with Gasteiger partial charge in [0.1, 0.15) is 47.8 Å². The number of methoxy groups -OCH3 is 3. The summed E-state index contributed by atoms with van der Waals surface area (Å²) in [6, 6.07) is 27.6. The number of halogens is 1. The van der Waals surface area contributed by atoms with Gasteiger partial charge < -0.3 is 80.6 Å². The number of aryl methyl sites for hydroxylation is 1. The van der Waals surface area contributed by atoms with Crippen LogP contribution in [0.2, 0.25) is 5.02 Å². The number of phenols is 3. The highest BCUT2D eigenvalue weighted by atomic mass is 35.5. The monoisotopic (exact) mass is 960 g/mol. The molecule has 0 heterocycles. The van der Waals surface area contributed by atoms with Gasteiger partial charge >= 0.3 is 0 Å². The van der Waals surface area contributed by atoms with Gasteiger partial charge in [-0.25, -0.2) is 0 Å². The van der Waals surface area contributed by atoms with Gasteiger partial charge in [0.2, 0.25) is 0 Å². The van der Waals surface area contributed by atoms with Crippen molar-refractivity contribution in [3.8, 4) is 28.7 Å². The lowest BCUT2D eigenvalue weighted by atomic mass is 10.0. The predicted molar refractivity (Wildman–Crippen MR) is 254 cm³/mol. The molecule has 0 amide bonds. The Morgan fingerprint density at radius 1 is 0.463 bits per heavy atom. The Hall–Kier alpha value is -5.05. The molecule has 5 aromatic rings. The molecule has 5 rings (SSSR count). The lowest BCUT2D eigenvalue weighted by Gasteiger charge is -2.20. The average Bonchev–Trinajstić information content (AvgIpc) is 3.30. The largest absolute Gasteiger partial charge is 0.508 e. The zero-order valence-corrected chi connectivity index (χ0v) is 40.0. The van der Waals surface area contributed by atoms with Crippen molar-refractivity contribution in [3.05, 3.63) is 147 Å². The maximum absolute atomic E-state index is 9.72. The summed E-state index contributed by atoms with van der Waals surface area (Å²) in [4.78, 5) is 0. The molecule has 8 unspecified atom stereocenters. The molecule has 5 aromatic carbocycles. The summed E-state index contributed by atoms with van der Waals surface area (Å²) in [6.45, 7) is 9.29. The third-order valence-corrected chi connectivity index (χ3v) is 10.3. The van der Waals surface area contributed by atoms with Gasteiger partial charge in [0, 0.05) is 17.7 Å². The van der Waals surface area contributed by atoms with Gasteiger partial charge in [0.05, 0.1) is 51.3 Å². The van der Waals surface area contributed by atoms with Crippen LogP contribution in [0.3, 0.4) is 0 Å². The molecule has 0 fully saturated rings. The van der Waals surface area contributed by atoms with Gasteiger partial charge in [-0.1, -0.05) is 60.1 Å². The van der Waals surface area contributed by atoms with Crippen molar-refractivity contribution in [3.63, 3.8) is 0 Å². The molecule has 0 bridgehead atoms. The number of ether oxygens (including phenoxy) is 3. The van der Waals surface area contributed by atoms with Crippen LogP contribution in [0, 0.1) is 6.92 Å². The van der Waals surface area contributed by atoms with Gasteiger partial charge in [0.25, 0.3) is 0 Å². The van der Waals surface area contributed by atoms with E-state index in [1.807, 2.05) is 13.0 Å². The summed E-state index contributed by atoms with van der Waals surface area (Å²) in [5.74, 6) is 1.18. The van der Waals surface area contributed by atoms with E-state index in [1.165, 1.54) is 52.3 Å². The maximum Gasteiger partial charge on any atom is 0.163 e. The van der Waals surface area contributed by atoms with Crippen LogP contribution >= 0.6 is 11.6 Å². The van der Waals surface area contributed by atoms with Crippen LogP contribution in [0.1, 0.15) is 104 Å². The molecule has 0 saturated heterocycles. The van der Waals surface area contributed by atoms with E-state index < -0.39 is 61.0 Å². The maximum atomic E-state index is 9.72. The Bertz CT molecular complexity index is 2030. The zero-order chi connectivity index (χ0) is 51.1. The Labute approximate surface area is 397 Å². The number of rotatable bonds is 14. The van der Waals surface area contributed by atoms with Crippen LogP contribution in [-0.4, -0.2) is 118 Å². The van der Waals surface area contributed by atoms with Gasteiger partial charge in [-0.15, -0.1) is 0 Å². The first-order valence-corrected chi connectivity index (χ1v) is 21.5. The number of benzene rings is 5. The Kier molecular flexibility index (Phi) is 27.2. The molecule has 10 atom stereocenters. The summed E-state index contributed by atoms with van der Waals surface area (Å²) in [5, 5.41) is 121. The summed E-state index contributed by atoms with van der Waals surface area (Å²) in [5.41, 5.74) is 4.47. The topological polar surface area (TPSA) is 291 Å². The highest BCUT2D eigenvalue weighted by Crippen LogP contribution is 2.35. The van der Waals surface area contributed by atoms with Crippen molar-refractivity contribution >= 4 is 11.6 Å². The van der Waals surface area contributed by atoms with E-state index in [9.17, 15) is 30.6 Å². The Balaban J connectivity index is 0.000000421. The fourth-order valence-electron chi connectivity index (χ4n) is 5.79. The van der Waals surface area contributed by atoms with Crippen molar-refractivity contribution in [2.75, 3.05) is 21.3 Å². The molecule has 16 nitrogen and oxygen atoms in total.